The van der Waals surface area contributed by atoms with Gasteiger partial charge in [0.15, 0.2) is 17.3 Å². The molecular formula is C21H20N2O4. The van der Waals surface area contributed by atoms with Gasteiger partial charge in [-0.2, -0.15) is 0 Å². The number of carbonyl (C=O) groups excluding carboxylic acids is 2. The molecule has 1 atom stereocenters. The molecule has 2 aromatic rings. The Morgan fingerprint density at radius 1 is 1.15 bits per heavy atom. The fraction of sp³-hybridized carbons (Fsp3) is 0.286. The molecule has 1 unspecified atom stereocenters. The average molecular weight is 364 g/mol. The molecule has 2 aliphatic heterocycles. The number of rotatable bonds is 4. The summed E-state index contributed by atoms with van der Waals surface area (Å²) in [5.74, 6) is 0.801. The van der Waals surface area contributed by atoms with Gasteiger partial charge < -0.3 is 14.4 Å². The summed E-state index contributed by atoms with van der Waals surface area (Å²) in [6, 6.07) is 13.2. The normalized spacial score (nSPS) is 20.9. The topological polar surface area (TPSA) is 68.2 Å². The number of methoxy groups -OCH3 is 1. The Bertz CT molecular complexity index is 939. The van der Waals surface area contributed by atoms with Crippen molar-refractivity contribution in [1.29, 1.82) is 0 Å². The Labute approximate surface area is 157 Å². The fourth-order valence-electron chi connectivity index (χ4n) is 3.52. The second kappa shape index (κ2) is 6.54. The molecule has 0 radical (unpaired) electrons. The van der Waals surface area contributed by atoms with E-state index in [1.54, 1.807) is 23.2 Å². The molecule has 0 aromatic heterocycles. The van der Waals surface area contributed by atoms with Crippen molar-refractivity contribution in [2.24, 2.45) is 4.99 Å². The Kier molecular flexibility index (Phi) is 4.18. The fourth-order valence-corrected chi connectivity index (χ4v) is 3.52. The maximum Gasteiger partial charge on any atom is 0.257 e. The summed E-state index contributed by atoms with van der Waals surface area (Å²) >= 11 is 0. The molecule has 2 aliphatic rings. The van der Waals surface area contributed by atoms with Gasteiger partial charge >= 0.3 is 0 Å². The standard InChI is InChI=1S/C21H20N2O4/c1-21-10-15(24)11-23(21)20(25)16-8-18(26-2)19(9-17(16)22-13-21)27-12-14-6-4-3-5-7-14/h3-9,13H,10-12H2,1-2H3. The van der Waals surface area contributed by atoms with Crippen LogP contribution in [0.3, 0.4) is 0 Å². The number of carbonyl (C=O) groups is 2. The van der Waals surface area contributed by atoms with E-state index in [9.17, 15) is 9.59 Å². The SMILES string of the molecule is COc1cc2c(cc1OCc1ccccc1)N=CC1(C)CC(=O)CN1C2=O. The zero-order valence-corrected chi connectivity index (χ0v) is 15.3. The summed E-state index contributed by atoms with van der Waals surface area (Å²) < 4.78 is 11.3. The summed E-state index contributed by atoms with van der Waals surface area (Å²) in [7, 11) is 1.53. The second-order valence-electron chi connectivity index (χ2n) is 7.02. The van der Waals surface area contributed by atoms with Crippen molar-refractivity contribution < 1.29 is 19.1 Å². The van der Waals surface area contributed by atoms with Crippen LogP contribution in [0.4, 0.5) is 5.69 Å². The van der Waals surface area contributed by atoms with Crippen LogP contribution in [0.15, 0.2) is 47.5 Å². The van der Waals surface area contributed by atoms with Crippen LogP contribution >= 0.6 is 0 Å². The maximum atomic E-state index is 13.0. The van der Waals surface area contributed by atoms with Gasteiger partial charge in [-0.05, 0) is 18.6 Å². The Balaban J connectivity index is 1.69. The van der Waals surface area contributed by atoms with Crippen LogP contribution in [0, 0.1) is 0 Å². The first-order chi connectivity index (χ1) is 13.0. The largest absolute Gasteiger partial charge is 0.493 e. The second-order valence-corrected chi connectivity index (χ2v) is 7.02. The number of hydrogen-bond donors (Lipinski definition) is 0. The number of hydrogen-bond acceptors (Lipinski definition) is 5. The van der Waals surface area contributed by atoms with E-state index in [4.69, 9.17) is 9.47 Å². The molecule has 1 saturated heterocycles. The lowest BCUT2D eigenvalue weighted by molar-refractivity contribution is -0.116. The number of ether oxygens (including phenoxy) is 2. The molecule has 2 aromatic carbocycles. The van der Waals surface area contributed by atoms with Gasteiger partial charge in [0.1, 0.15) is 6.61 Å². The highest BCUT2D eigenvalue weighted by atomic mass is 16.5. The molecule has 27 heavy (non-hydrogen) atoms. The lowest BCUT2D eigenvalue weighted by Gasteiger charge is -2.29. The van der Waals surface area contributed by atoms with Crippen LogP contribution in [-0.2, 0) is 11.4 Å². The molecule has 4 rings (SSSR count). The van der Waals surface area contributed by atoms with E-state index < -0.39 is 5.54 Å². The molecule has 0 spiro atoms. The highest BCUT2D eigenvalue weighted by molar-refractivity contribution is 6.08. The minimum absolute atomic E-state index is 0.0375. The van der Waals surface area contributed by atoms with E-state index in [-0.39, 0.29) is 24.7 Å². The van der Waals surface area contributed by atoms with Gasteiger partial charge in [-0.3, -0.25) is 14.6 Å². The highest BCUT2D eigenvalue weighted by Gasteiger charge is 2.45. The van der Waals surface area contributed by atoms with Gasteiger partial charge in [0.25, 0.3) is 5.91 Å². The first-order valence-electron chi connectivity index (χ1n) is 8.78. The van der Waals surface area contributed by atoms with Gasteiger partial charge in [-0.1, -0.05) is 30.3 Å². The summed E-state index contributed by atoms with van der Waals surface area (Å²) in [5, 5.41) is 0. The lowest BCUT2D eigenvalue weighted by atomic mass is 10.0. The Morgan fingerprint density at radius 2 is 1.93 bits per heavy atom. The predicted molar refractivity (Wildman–Crippen MR) is 101 cm³/mol. The molecule has 1 amide bonds. The quantitative estimate of drug-likeness (QED) is 0.836. The number of ketones is 1. The van der Waals surface area contributed by atoms with Crippen LogP contribution in [0.2, 0.25) is 0 Å². The minimum Gasteiger partial charge on any atom is -0.493 e. The molecule has 2 heterocycles. The molecule has 1 fully saturated rings. The van der Waals surface area contributed by atoms with Crippen molar-refractivity contribution >= 4 is 23.6 Å². The average Bonchev–Trinajstić information content (AvgIpc) is 2.94. The van der Waals surface area contributed by atoms with Crippen LogP contribution in [0.5, 0.6) is 11.5 Å². The maximum absolute atomic E-state index is 13.0. The van der Waals surface area contributed by atoms with E-state index in [0.717, 1.165) is 5.56 Å². The molecule has 138 valence electrons. The molecular weight excluding hydrogens is 344 g/mol. The van der Waals surface area contributed by atoms with Gasteiger partial charge in [-0.25, -0.2) is 0 Å². The zero-order chi connectivity index (χ0) is 19.0. The van der Waals surface area contributed by atoms with Crippen molar-refractivity contribution in [1.82, 2.24) is 4.90 Å². The number of aliphatic imine (C=N–C) groups is 1. The number of amides is 1. The highest BCUT2D eigenvalue weighted by Crippen LogP contribution is 2.40. The monoisotopic (exact) mass is 364 g/mol. The van der Waals surface area contributed by atoms with Gasteiger partial charge in [0, 0.05) is 18.7 Å². The third-order valence-corrected chi connectivity index (χ3v) is 4.98. The first-order valence-corrected chi connectivity index (χ1v) is 8.78. The summed E-state index contributed by atoms with van der Waals surface area (Å²) in [4.78, 5) is 31.0. The smallest absolute Gasteiger partial charge is 0.257 e. The van der Waals surface area contributed by atoms with Crippen molar-refractivity contribution in [3.63, 3.8) is 0 Å². The van der Waals surface area contributed by atoms with Gasteiger partial charge in [0.05, 0.1) is 30.4 Å². The Hall–Kier alpha value is -3.15. The van der Waals surface area contributed by atoms with Gasteiger partial charge in [-0.15, -0.1) is 0 Å². The Morgan fingerprint density at radius 3 is 2.67 bits per heavy atom. The van der Waals surface area contributed by atoms with Crippen LogP contribution in [0.1, 0.15) is 29.3 Å². The first kappa shape index (κ1) is 17.3. The number of nitrogens with zero attached hydrogens (tertiary/aromatic N) is 2. The van der Waals surface area contributed by atoms with E-state index in [2.05, 4.69) is 4.99 Å². The molecule has 0 aliphatic carbocycles. The molecule has 0 saturated carbocycles. The number of benzene rings is 2. The van der Waals surface area contributed by atoms with E-state index in [0.29, 0.717) is 29.4 Å². The summed E-state index contributed by atoms with van der Waals surface area (Å²) in [6.07, 6.45) is 1.97. The van der Waals surface area contributed by atoms with E-state index in [1.165, 1.54) is 7.11 Å². The van der Waals surface area contributed by atoms with Crippen molar-refractivity contribution in [3.05, 3.63) is 53.6 Å². The lowest BCUT2D eigenvalue weighted by Crippen LogP contribution is -2.45. The van der Waals surface area contributed by atoms with Crippen LogP contribution < -0.4 is 9.47 Å². The van der Waals surface area contributed by atoms with E-state index >= 15 is 0 Å². The predicted octanol–water partition coefficient (Wildman–Crippen LogP) is 3.16. The van der Waals surface area contributed by atoms with Crippen LogP contribution in [0.25, 0.3) is 0 Å². The third kappa shape index (κ3) is 3.07. The van der Waals surface area contributed by atoms with Crippen LogP contribution in [-0.4, -0.2) is 42.0 Å². The number of Topliss-reactive ketones (excluding diaryl/α,β-unsaturated/α-hetero) is 1. The van der Waals surface area contributed by atoms with Crippen molar-refractivity contribution in [2.75, 3.05) is 13.7 Å². The summed E-state index contributed by atoms with van der Waals surface area (Å²) in [5.41, 5.74) is 1.27. The van der Waals surface area contributed by atoms with Crippen molar-refractivity contribution in [2.45, 2.75) is 25.5 Å². The molecule has 0 bridgehead atoms. The zero-order valence-electron chi connectivity index (χ0n) is 15.3. The third-order valence-electron chi connectivity index (χ3n) is 4.98. The van der Waals surface area contributed by atoms with Gasteiger partial charge in [0.2, 0.25) is 0 Å². The molecule has 6 nitrogen and oxygen atoms in total. The summed E-state index contributed by atoms with van der Waals surface area (Å²) in [6.45, 7) is 2.34. The molecule has 6 heteroatoms. The van der Waals surface area contributed by atoms with E-state index in [1.807, 2.05) is 37.3 Å². The van der Waals surface area contributed by atoms with Crippen molar-refractivity contribution in [3.8, 4) is 11.5 Å². The molecule has 0 N–H and O–H groups in total. The minimum atomic E-state index is -0.689. The number of fused-ring (bicyclic) bond motifs is 2.